The highest BCUT2D eigenvalue weighted by atomic mass is 32.1. The molecule has 3 heterocycles. The molecule has 5 nitrogen and oxygen atoms in total. The molecule has 0 aliphatic carbocycles. The molecule has 1 aliphatic rings. The normalized spacial score (nSPS) is 15.0. The van der Waals surface area contributed by atoms with Crippen molar-refractivity contribution in [2.24, 2.45) is 0 Å². The number of aromatic nitrogens is 1. The Morgan fingerprint density at radius 1 is 1.17 bits per heavy atom. The van der Waals surface area contributed by atoms with E-state index in [9.17, 15) is 9.59 Å². The summed E-state index contributed by atoms with van der Waals surface area (Å²) < 4.78 is 1.64. The van der Waals surface area contributed by atoms with Crippen molar-refractivity contribution < 1.29 is 4.79 Å². The number of amides is 1. The molecule has 1 fully saturated rings. The number of nitrogens with zero attached hydrogens (tertiary/aromatic N) is 2. The highest BCUT2D eigenvalue weighted by Gasteiger charge is 2.12. The molecule has 23 heavy (non-hydrogen) atoms. The van der Waals surface area contributed by atoms with Crippen LogP contribution < -0.4 is 10.9 Å². The van der Waals surface area contributed by atoms with Crippen molar-refractivity contribution in [3.63, 3.8) is 0 Å². The number of thiophene rings is 1. The van der Waals surface area contributed by atoms with Crippen molar-refractivity contribution in [1.29, 1.82) is 0 Å². The van der Waals surface area contributed by atoms with Crippen molar-refractivity contribution >= 4 is 17.2 Å². The molecule has 2 aromatic heterocycles. The third-order valence-corrected chi connectivity index (χ3v) is 4.98. The summed E-state index contributed by atoms with van der Waals surface area (Å²) in [6.07, 6.45) is 4.14. The Bertz CT molecular complexity index is 703. The van der Waals surface area contributed by atoms with Crippen LogP contribution in [0, 0.1) is 0 Å². The molecule has 0 aromatic carbocycles. The lowest BCUT2D eigenvalue weighted by molar-refractivity contribution is 0.0950. The summed E-state index contributed by atoms with van der Waals surface area (Å²) in [4.78, 5) is 27.7. The van der Waals surface area contributed by atoms with Crippen molar-refractivity contribution in [2.75, 3.05) is 19.6 Å². The molecule has 0 spiro atoms. The zero-order valence-electron chi connectivity index (χ0n) is 13.0. The third-order valence-electron chi connectivity index (χ3n) is 4.10. The molecular weight excluding hydrogens is 310 g/mol. The predicted molar refractivity (Wildman–Crippen MR) is 91.9 cm³/mol. The molecule has 0 radical (unpaired) electrons. The van der Waals surface area contributed by atoms with Gasteiger partial charge in [-0.05, 0) is 43.4 Å². The number of hydrogen-bond acceptors (Lipinski definition) is 4. The zero-order valence-corrected chi connectivity index (χ0v) is 13.8. The van der Waals surface area contributed by atoms with Crippen molar-refractivity contribution in [1.82, 2.24) is 14.8 Å². The fourth-order valence-corrected chi connectivity index (χ4v) is 3.42. The van der Waals surface area contributed by atoms with E-state index in [0.717, 1.165) is 24.5 Å². The summed E-state index contributed by atoms with van der Waals surface area (Å²) in [5.41, 5.74) is 0.474. The topological polar surface area (TPSA) is 54.3 Å². The number of hydrogen-bond donors (Lipinski definition) is 1. The molecule has 0 atom stereocenters. The first kappa shape index (κ1) is 16.0. The fourth-order valence-electron chi connectivity index (χ4n) is 2.78. The van der Waals surface area contributed by atoms with Gasteiger partial charge in [0.2, 0.25) is 0 Å². The maximum atomic E-state index is 12.2. The van der Waals surface area contributed by atoms with Gasteiger partial charge in [-0.3, -0.25) is 9.59 Å². The first-order valence-corrected chi connectivity index (χ1v) is 8.84. The second-order valence-electron chi connectivity index (χ2n) is 5.76. The van der Waals surface area contributed by atoms with Crippen LogP contribution in [0.3, 0.4) is 0 Å². The largest absolute Gasteiger partial charge is 0.347 e. The molecular formula is C17H21N3O2S. The van der Waals surface area contributed by atoms with E-state index in [2.05, 4.69) is 10.2 Å². The lowest BCUT2D eigenvalue weighted by Gasteiger charge is -2.15. The SMILES string of the molecule is O=C(NCc1cccs1)c1ccc(=O)n(CCN2CCCC2)c1. The maximum absolute atomic E-state index is 12.2. The van der Waals surface area contributed by atoms with Crippen molar-refractivity contribution in [3.05, 3.63) is 56.6 Å². The average molecular weight is 331 g/mol. The Labute approximate surface area is 139 Å². The Morgan fingerprint density at radius 3 is 2.74 bits per heavy atom. The Hall–Kier alpha value is -1.92. The van der Waals surface area contributed by atoms with Crippen LogP contribution in [0.5, 0.6) is 0 Å². The molecule has 0 saturated carbocycles. The van der Waals surface area contributed by atoms with Crippen LogP contribution in [-0.4, -0.2) is 35.0 Å². The molecule has 1 saturated heterocycles. The second kappa shape index (κ2) is 7.57. The third kappa shape index (κ3) is 4.30. The predicted octanol–water partition coefficient (Wildman–Crippen LogP) is 1.94. The molecule has 2 aromatic rings. The van der Waals surface area contributed by atoms with Gasteiger partial charge in [0.05, 0.1) is 12.1 Å². The van der Waals surface area contributed by atoms with E-state index >= 15 is 0 Å². The number of pyridine rings is 1. The minimum absolute atomic E-state index is 0.0565. The highest BCUT2D eigenvalue weighted by Crippen LogP contribution is 2.09. The Kier molecular flexibility index (Phi) is 5.25. The number of rotatable bonds is 6. The molecule has 6 heteroatoms. The van der Waals surface area contributed by atoms with E-state index in [4.69, 9.17) is 0 Å². The van der Waals surface area contributed by atoms with Crippen molar-refractivity contribution in [2.45, 2.75) is 25.9 Å². The van der Waals surface area contributed by atoms with Gasteiger partial charge in [0.25, 0.3) is 11.5 Å². The van der Waals surface area contributed by atoms with E-state index in [0.29, 0.717) is 18.7 Å². The van der Waals surface area contributed by atoms with Gasteiger partial charge >= 0.3 is 0 Å². The molecule has 1 amide bonds. The molecule has 1 N–H and O–H groups in total. The lowest BCUT2D eigenvalue weighted by Crippen LogP contribution is -2.30. The monoisotopic (exact) mass is 331 g/mol. The van der Waals surface area contributed by atoms with E-state index in [1.54, 1.807) is 28.2 Å². The van der Waals surface area contributed by atoms with Crippen molar-refractivity contribution in [3.8, 4) is 0 Å². The van der Waals surface area contributed by atoms with Gasteiger partial charge in [0.1, 0.15) is 0 Å². The van der Waals surface area contributed by atoms with E-state index in [1.807, 2.05) is 17.5 Å². The van der Waals surface area contributed by atoms with Crippen LogP contribution in [0.25, 0.3) is 0 Å². The summed E-state index contributed by atoms with van der Waals surface area (Å²) in [5, 5.41) is 4.88. The Morgan fingerprint density at radius 2 is 2.00 bits per heavy atom. The molecule has 3 rings (SSSR count). The second-order valence-corrected chi connectivity index (χ2v) is 6.79. The minimum Gasteiger partial charge on any atom is -0.347 e. The van der Waals surface area contributed by atoms with E-state index < -0.39 is 0 Å². The van der Waals surface area contributed by atoms with Gasteiger partial charge in [0, 0.05) is 30.2 Å². The Balaban J connectivity index is 1.61. The first-order chi connectivity index (χ1) is 11.2. The smallest absolute Gasteiger partial charge is 0.253 e. The highest BCUT2D eigenvalue weighted by molar-refractivity contribution is 7.09. The van der Waals surface area contributed by atoms with Crippen LogP contribution in [0.4, 0.5) is 0 Å². The van der Waals surface area contributed by atoms with Gasteiger partial charge in [-0.1, -0.05) is 6.07 Å². The van der Waals surface area contributed by atoms with Gasteiger partial charge in [-0.2, -0.15) is 0 Å². The van der Waals surface area contributed by atoms with E-state index in [1.165, 1.54) is 18.9 Å². The first-order valence-electron chi connectivity index (χ1n) is 7.96. The summed E-state index contributed by atoms with van der Waals surface area (Å²) >= 11 is 1.61. The average Bonchev–Trinajstić information content (AvgIpc) is 3.25. The molecule has 1 aliphatic heterocycles. The van der Waals surface area contributed by atoms with Gasteiger partial charge in [0.15, 0.2) is 0 Å². The molecule has 122 valence electrons. The summed E-state index contributed by atoms with van der Waals surface area (Å²) in [6, 6.07) is 7.02. The number of nitrogens with one attached hydrogen (secondary N) is 1. The molecule has 0 bridgehead atoms. The fraction of sp³-hybridized carbons (Fsp3) is 0.412. The van der Waals surface area contributed by atoms with E-state index in [-0.39, 0.29) is 11.5 Å². The maximum Gasteiger partial charge on any atom is 0.253 e. The van der Waals surface area contributed by atoms with Crippen LogP contribution in [0.2, 0.25) is 0 Å². The van der Waals surface area contributed by atoms with Gasteiger partial charge in [-0.15, -0.1) is 11.3 Å². The summed E-state index contributed by atoms with van der Waals surface area (Å²) in [6.45, 7) is 4.22. The summed E-state index contributed by atoms with van der Waals surface area (Å²) in [5.74, 6) is -0.145. The van der Waals surface area contributed by atoms with Crippen LogP contribution >= 0.6 is 11.3 Å². The molecule has 0 unspecified atom stereocenters. The van der Waals surface area contributed by atoms with Crippen LogP contribution in [-0.2, 0) is 13.1 Å². The number of carbonyl (C=O) groups excluding carboxylic acids is 1. The number of likely N-dealkylation sites (tertiary alicyclic amines) is 1. The zero-order chi connectivity index (χ0) is 16.1. The minimum atomic E-state index is -0.145. The lowest BCUT2D eigenvalue weighted by atomic mass is 10.2. The standard InChI is InChI=1S/C17H21N3O2S/c21-16-6-5-14(17(22)18-12-15-4-3-11-23-15)13-20(16)10-9-19-7-1-2-8-19/h3-6,11,13H,1-2,7-10,12H2,(H,18,22). The quantitative estimate of drug-likeness (QED) is 0.880. The van der Waals surface area contributed by atoms with Gasteiger partial charge in [-0.25, -0.2) is 0 Å². The van der Waals surface area contributed by atoms with Crippen LogP contribution in [0.15, 0.2) is 40.6 Å². The van der Waals surface area contributed by atoms with Gasteiger partial charge < -0.3 is 14.8 Å². The van der Waals surface area contributed by atoms with Crippen LogP contribution in [0.1, 0.15) is 28.1 Å². The summed E-state index contributed by atoms with van der Waals surface area (Å²) in [7, 11) is 0. The number of carbonyl (C=O) groups is 1.